The van der Waals surface area contributed by atoms with Gasteiger partial charge in [-0.1, -0.05) is 13.3 Å². The summed E-state index contributed by atoms with van der Waals surface area (Å²) in [5, 5.41) is 12.3. The number of piperidine rings is 1. The Labute approximate surface area is 111 Å². The summed E-state index contributed by atoms with van der Waals surface area (Å²) in [5.74, 6) is 0. The number of nitrogens with one attached hydrogen (secondary N) is 1. The van der Waals surface area contributed by atoms with Crippen LogP contribution in [-0.2, 0) is 0 Å². The summed E-state index contributed by atoms with van der Waals surface area (Å²) in [6.07, 6.45) is 5.43. The first-order chi connectivity index (χ1) is 8.83. The van der Waals surface area contributed by atoms with Crippen LogP contribution in [0.15, 0.2) is 0 Å². The largest absolute Gasteiger partial charge is 0.301 e. The zero-order valence-corrected chi connectivity index (χ0v) is 11.6. The van der Waals surface area contributed by atoms with Crippen molar-refractivity contribution in [2.75, 3.05) is 39.3 Å². The van der Waals surface area contributed by atoms with Gasteiger partial charge in [-0.15, -0.1) is 0 Å². The summed E-state index contributed by atoms with van der Waals surface area (Å²) in [6.45, 7) is 8.70. The van der Waals surface area contributed by atoms with Gasteiger partial charge in [-0.3, -0.25) is 9.80 Å². The molecule has 0 aliphatic carbocycles. The highest BCUT2D eigenvalue weighted by atomic mass is 15.3. The summed E-state index contributed by atoms with van der Waals surface area (Å²) in [6, 6.07) is 3.10. The lowest BCUT2D eigenvalue weighted by Gasteiger charge is -2.32. The van der Waals surface area contributed by atoms with Gasteiger partial charge in [0, 0.05) is 19.1 Å². The SMILES string of the molecule is CCNC(C#N)CN1CCC(N2CCCCC2)C1. The third kappa shape index (κ3) is 3.68. The van der Waals surface area contributed by atoms with Crippen molar-refractivity contribution in [1.82, 2.24) is 15.1 Å². The van der Waals surface area contributed by atoms with E-state index in [0.29, 0.717) is 0 Å². The third-order valence-corrected chi connectivity index (χ3v) is 4.20. The molecule has 2 fully saturated rings. The first kappa shape index (κ1) is 13.8. The van der Waals surface area contributed by atoms with Crippen LogP contribution in [0.3, 0.4) is 0 Å². The highest BCUT2D eigenvalue weighted by Gasteiger charge is 2.29. The number of likely N-dealkylation sites (tertiary alicyclic amines) is 2. The van der Waals surface area contributed by atoms with E-state index in [1.54, 1.807) is 0 Å². The van der Waals surface area contributed by atoms with E-state index in [1.165, 1.54) is 38.8 Å². The molecule has 0 spiro atoms. The Morgan fingerprint density at radius 1 is 1.28 bits per heavy atom. The minimum Gasteiger partial charge on any atom is -0.301 e. The predicted molar refractivity (Wildman–Crippen MR) is 73.3 cm³/mol. The molecule has 18 heavy (non-hydrogen) atoms. The standard InChI is InChI=1S/C14H26N4/c1-2-16-13(10-15)11-17-9-6-14(12-17)18-7-4-3-5-8-18/h13-14,16H,2-9,11-12H2,1H3. The quantitative estimate of drug-likeness (QED) is 0.792. The fraction of sp³-hybridized carbons (Fsp3) is 0.929. The van der Waals surface area contributed by atoms with Crippen LogP contribution in [-0.4, -0.2) is 61.2 Å². The van der Waals surface area contributed by atoms with Crippen molar-refractivity contribution in [2.45, 2.75) is 44.7 Å². The maximum Gasteiger partial charge on any atom is 0.108 e. The van der Waals surface area contributed by atoms with Gasteiger partial charge in [0.25, 0.3) is 0 Å². The van der Waals surface area contributed by atoms with Gasteiger partial charge < -0.3 is 5.32 Å². The Kier molecular flexibility index (Phi) is 5.43. The average Bonchev–Trinajstić information content (AvgIpc) is 2.88. The molecule has 2 aliphatic heterocycles. The van der Waals surface area contributed by atoms with Gasteiger partial charge in [0.1, 0.15) is 6.04 Å². The van der Waals surface area contributed by atoms with Crippen LogP contribution < -0.4 is 5.32 Å². The molecule has 2 atom stereocenters. The Bertz CT molecular complexity index is 280. The van der Waals surface area contributed by atoms with Gasteiger partial charge in [-0.05, 0) is 45.4 Å². The molecule has 2 unspecified atom stereocenters. The molecule has 0 saturated carbocycles. The topological polar surface area (TPSA) is 42.3 Å². The molecule has 2 rings (SSSR count). The molecule has 0 radical (unpaired) electrons. The van der Waals surface area contributed by atoms with E-state index in [2.05, 4.69) is 28.1 Å². The zero-order chi connectivity index (χ0) is 12.8. The average molecular weight is 250 g/mol. The molecule has 4 heteroatoms. The second-order valence-corrected chi connectivity index (χ2v) is 5.54. The van der Waals surface area contributed by atoms with Gasteiger partial charge in [0.05, 0.1) is 6.07 Å². The number of nitrogens with zero attached hydrogens (tertiary/aromatic N) is 3. The Hall–Kier alpha value is -0.630. The van der Waals surface area contributed by atoms with E-state index in [-0.39, 0.29) is 6.04 Å². The minimum atomic E-state index is -0.00453. The van der Waals surface area contributed by atoms with Crippen molar-refractivity contribution in [3.05, 3.63) is 0 Å². The molecule has 0 bridgehead atoms. The van der Waals surface area contributed by atoms with Crippen LogP contribution in [0.4, 0.5) is 0 Å². The lowest BCUT2D eigenvalue weighted by Crippen LogP contribution is -2.43. The number of rotatable bonds is 5. The minimum absolute atomic E-state index is 0.00453. The number of likely N-dealkylation sites (N-methyl/N-ethyl adjacent to an activating group) is 1. The number of nitriles is 1. The van der Waals surface area contributed by atoms with Crippen molar-refractivity contribution in [3.8, 4) is 6.07 Å². The maximum absolute atomic E-state index is 9.08. The molecule has 2 saturated heterocycles. The van der Waals surface area contributed by atoms with E-state index < -0.39 is 0 Å². The predicted octanol–water partition coefficient (Wildman–Crippen LogP) is 1.05. The fourth-order valence-corrected chi connectivity index (χ4v) is 3.22. The second kappa shape index (κ2) is 7.08. The van der Waals surface area contributed by atoms with E-state index in [4.69, 9.17) is 5.26 Å². The molecule has 0 aromatic rings. The normalized spacial score (nSPS) is 28.1. The maximum atomic E-state index is 9.08. The Balaban J connectivity index is 1.75. The van der Waals surface area contributed by atoms with Gasteiger partial charge in [-0.2, -0.15) is 5.26 Å². The molecular formula is C14H26N4. The Morgan fingerprint density at radius 3 is 2.72 bits per heavy atom. The highest BCUT2D eigenvalue weighted by molar-refractivity contribution is 4.94. The summed E-state index contributed by atoms with van der Waals surface area (Å²) in [4.78, 5) is 5.12. The van der Waals surface area contributed by atoms with Gasteiger partial charge >= 0.3 is 0 Å². The van der Waals surface area contributed by atoms with Gasteiger partial charge in [0.2, 0.25) is 0 Å². The molecule has 2 heterocycles. The van der Waals surface area contributed by atoms with Crippen molar-refractivity contribution in [3.63, 3.8) is 0 Å². The molecule has 1 N–H and O–H groups in total. The lowest BCUT2D eigenvalue weighted by molar-refractivity contribution is 0.161. The van der Waals surface area contributed by atoms with Crippen LogP contribution in [0.2, 0.25) is 0 Å². The van der Waals surface area contributed by atoms with Crippen LogP contribution >= 0.6 is 0 Å². The first-order valence-corrected chi connectivity index (χ1v) is 7.43. The van der Waals surface area contributed by atoms with E-state index in [9.17, 15) is 0 Å². The summed E-state index contributed by atoms with van der Waals surface area (Å²) >= 11 is 0. The van der Waals surface area contributed by atoms with Crippen molar-refractivity contribution in [1.29, 1.82) is 5.26 Å². The van der Waals surface area contributed by atoms with Crippen molar-refractivity contribution >= 4 is 0 Å². The second-order valence-electron chi connectivity index (χ2n) is 5.54. The molecule has 2 aliphatic rings. The van der Waals surface area contributed by atoms with Crippen LogP contribution in [0.5, 0.6) is 0 Å². The Morgan fingerprint density at radius 2 is 2.06 bits per heavy atom. The fourth-order valence-electron chi connectivity index (χ4n) is 3.22. The van der Waals surface area contributed by atoms with Crippen LogP contribution in [0.1, 0.15) is 32.6 Å². The zero-order valence-electron chi connectivity index (χ0n) is 11.6. The first-order valence-electron chi connectivity index (χ1n) is 7.43. The van der Waals surface area contributed by atoms with E-state index in [1.807, 2.05) is 0 Å². The highest BCUT2D eigenvalue weighted by Crippen LogP contribution is 2.20. The van der Waals surface area contributed by atoms with Gasteiger partial charge in [-0.25, -0.2) is 0 Å². The van der Waals surface area contributed by atoms with Crippen LogP contribution in [0.25, 0.3) is 0 Å². The molecular weight excluding hydrogens is 224 g/mol. The summed E-state index contributed by atoms with van der Waals surface area (Å²) < 4.78 is 0. The lowest BCUT2D eigenvalue weighted by atomic mass is 10.1. The van der Waals surface area contributed by atoms with E-state index in [0.717, 1.165) is 32.2 Å². The molecule has 0 aromatic heterocycles. The number of hydrogen-bond donors (Lipinski definition) is 1. The number of hydrogen-bond acceptors (Lipinski definition) is 4. The molecule has 0 amide bonds. The molecule has 102 valence electrons. The third-order valence-electron chi connectivity index (χ3n) is 4.20. The smallest absolute Gasteiger partial charge is 0.108 e. The van der Waals surface area contributed by atoms with Gasteiger partial charge in [0.15, 0.2) is 0 Å². The molecule has 0 aromatic carbocycles. The van der Waals surface area contributed by atoms with Crippen molar-refractivity contribution < 1.29 is 0 Å². The molecule has 4 nitrogen and oxygen atoms in total. The van der Waals surface area contributed by atoms with Crippen molar-refractivity contribution in [2.24, 2.45) is 0 Å². The monoisotopic (exact) mass is 250 g/mol. The van der Waals surface area contributed by atoms with Crippen LogP contribution in [0, 0.1) is 11.3 Å². The summed E-state index contributed by atoms with van der Waals surface area (Å²) in [5.41, 5.74) is 0. The van der Waals surface area contributed by atoms with E-state index >= 15 is 0 Å². The summed E-state index contributed by atoms with van der Waals surface area (Å²) in [7, 11) is 0.